The molecule has 0 bridgehead atoms. The number of ether oxygens (including phenoxy) is 1. The first-order valence-corrected chi connectivity index (χ1v) is 10.3. The van der Waals surface area contributed by atoms with Crippen LogP contribution in [0.1, 0.15) is 20.8 Å². The predicted molar refractivity (Wildman–Crippen MR) is 125 cm³/mol. The van der Waals surface area contributed by atoms with Gasteiger partial charge in [0.25, 0.3) is 5.56 Å². The van der Waals surface area contributed by atoms with Gasteiger partial charge in [-0.3, -0.25) is 4.79 Å². The smallest absolute Gasteiger partial charge is 0.260 e. The zero-order chi connectivity index (χ0) is 21.3. The van der Waals surface area contributed by atoms with Gasteiger partial charge in [0, 0.05) is 6.54 Å². The standard InChI is InChI=1S/C26H24ClNO2/c1-26(2,3)17-28-23(16-19-8-7-11-22(27)24(19)25(28)29)18-12-14-21(15-13-18)30-20-9-5-4-6-10-20/h4-16H,17H2,1-3H3. The number of para-hydroxylation sites is 1. The Labute approximate surface area is 181 Å². The van der Waals surface area contributed by atoms with Crippen molar-refractivity contribution >= 4 is 22.4 Å². The van der Waals surface area contributed by atoms with Gasteiger partial charge in [0.2, 0.25) is 0 Å². The molecule has 3 nitrogen and oxygen atoms in total. The lowest BCUT2D eigenvalue weighted by atomic mass is 9.95. The summed E-state index contributed by atoms with van der Waals surface area (Å²) >= 11 is 6.37. The van der Waals surface area contributed by atoms with E-state index in [2.05, 4.69) is 20.8 Å². The number of hydrogen-bond donors (Lipinski definition) is 0. The Morgan fingerprint density at radius 1 is 0.867 bits per heavy atom. The highest BCUT2D eigenvalue weighted by Gasteiger charge is 2.19. The molecule has 4 rings (SSSR count). The van der Waals surface area contributed by atoms with Gasteiger partial charge in [-0.2, -0.15) is 0 Å². The van der Waals surface area contributed by atoms with Gasteiger partial charge in [0.05, 0.1) is 16.1 Å². The van der Waals surface area contributed by atoms with Crippen LogP contribution in [0.4, 0.5) is 0 Å². The summed E-state index contributed by atoms with van der Waals surface area (Å²) in [5, 5.41) is 1.90. The van der Waals surface area contributed by atoms with E-state index in [9.17, 15) is 4.79 Å². The van der Waals surface area contributed by atoms with E-state index in [4.69, 9.17) is 16.3 Å². The van der Waals surface area contributed by atoms with Crippen LogP contribution in [0.5, 0.6) is 11.5 Å². The molecule has 0 radical (unpaired) electrons. The first kappa shape index (κ1) is 20.2. The second-order valence-corrected chi connectivity index (χ2v) is 9.03. The summed E-state index contributed by atoms with van der Waals surface area (Å²) in [6, 6.07) is 25.1. The van der Waals surface area contributed by atoms with Gasteiger partial charge in [0.15, 0.2) is 0 Å². The molecule has 0 aliphatic rings. The Bertz CT molecular complexity index is 1240. The second-order valence-electron chi connectivity index (χ2n) is 8.63. The number of rotatable bonds is 4. The maximum Gasteiger partial charge on any atom is 0.260 e. The molecule has 0 saturated heterocycles. The molecule has 4 heteroatoms. The fourth-order valence-corrected chi connectivity index (χ4v) is 3.81. The van der Waals surface area contributed by atoms with Crippen molar-refractivity contribution in [2.75, 3.05) is 0 Å². The molecular formula is C26H24ClNO2. The van der Waals surface area contributed by atoms with Gasteiger partial charge < -0.3 is 9.30 Å². The van der Waals surface area contributed by atoms with Gasteiger partial charge in [-0.25, -0.2) is 0 Å². The van der Waals surface area contributed by atoms with Gasteiger partial charge in [-0.1, -0.05) is 62.7 Å². The lowest BCUT2D eigenvalue weighted by Crippen LogP contribution is -2.28. The Morgan fingerprint density at radius 3 is 2.20 bits per heavy atom. The average molecular weight is 418 g/mol. The van der Waals surface area contributed by atoms with E-state index < -0.39 is 0 Å². The van der Waals surface area contributed by atoms with Crippen molar-refractivity contribution < 1.29 is 4.74 Å². The molecule has 0 spiro atoms. The first-order valence-electron chi connectivity index (χ1n) is 9.97. The van der Waals surface area contributed by atoms with Crippen LogP contribution in [0.2, 0.25) is 5.02 Å². The fourth-order valence-electron chi connectivity index (χ4n) is 3.55. The molecular weight excluding hydrogens is 394 g/mol. The fraction of sp³-hybridized carbons (Fsp3) is 0.192. The predicted octanol–water partition coefficient (Wildman–Crippen LogP) is 7.16. The number of fused-ring (bicyclic) bond motifs is 1. The van der Waals surface area contributed by atoms with Gasteiger partial charge in [0.1, 0.15) is 11.5 Å². The largest absolute Gasteiger partial charge is 0.457 e. The third kappa shape index (κ3) is 4.27. The van der Waals surface area contributed by atoms with Gasteiger partial charge in [-0.15, -0.1) is 0 Å². The van der Waals surface area contributed by atoms with Crippen LogP contribution in [0, 0.1) is 5.41 Å². The van der Waals surface area contributed by atoms with Crippen molar-refractivity contribution in [1.82, 2.24) is 4.57 Å². The molecule has 0 saturated carbocycles. The van der Waals surface area contributed by atoms with E-state index >= 15 is 0 Å². The van der Waals surface area contributed by atoms with Crippen LogP contribution in [0.25, 0.3) is 22.0 Å². The van der Waals surface area contributed by atoms with Crippen LogP contribution in [-0.4, -0.2) is 4.57 Å². The number of hydrogen-bond acceptors (Lipinski definition) is 2. The Morgan fingerprint density at radius 2 is 1.53 bits per heavy atom. The van der Waals surface area contributed by atoms with Gasteiger partial charge in [-0.05, 0) is 64.9 Å². The number of benzene rings is 3. The third-order valence-corrected chi connectivity index (χ3v) is 5.16. The van der Waals surface area contributed by atoms with E-state index in [1.54, 1.807) is 6.07 Å². The number of nitrogens with zero attached hydrogens (tertiary/aromatic N) is 1. The number of aromatic nitrogens is 1. The van der Waals surface area contributed by atoms with Crippen LogP contribution in [0.15, 0.2) is 83.7 Å². The van der Waals surface area contributed by atoms with Crippen molar-refractivity contribution in [3.05, 3.63) is 94.2 Å². The highest BCUT2D eigenvalue weighted by Crippen LogP contribution is 2.30. The lowest BCUT2D eigenvalue weighted by Gasteiger charge is -2.23. The zero-order valence-electron chi connectivity index (χ0n) is 17.4. The molecule has 0 amide bonds. The van der Waals surface area contributed by atoms with E-state index in [0.717, 1.165) is 28.1 Å². The first-order chi connectivity index (χ1) is 14.3. The average Bonchev–Trinajstić information content (AvgIpc) is 2.70. The molecule has 0 N–H and O–H groups in total. The highest BCUT2D eigenvalue weighted by molar-refractivity contribution is 6.35. The maximum absolute atomic E-state index is 13.4. The van der Waals surface area contributed by atoms with Crippen molar-refractivity contribution in [3.63, 3.8) is 0 Å². The SMILES string of the molecule is CC(C)(C)Cn1c(-c2ccc(Oc3ccccc3)cc2)cc2cccc(Cl)c2c1=O. The Balaban J connectivity index is 1.81. The molecule has 152 valence electrons. The third-order valence-electron chi connectivity index (χ3n) is 4.85. The molecule has 0 aliphatic heterocycles. The van der Waals surface area contributed by atoms with Crippen LogP contribution < -0.4 is 10.3 Å². The Kier molecular flexibility index (Phi) is 5.40. The number of pyridine rings is 1. The molecule has 30 heavy (non-hydrogen) atoms. The highest BCUT2D eigenvalue weighted by atomic mass is 35.5. The quantitative estimate of drug-likeness (QED) is 0.352. The topological polar surface area (TPSA) is 31.2 Å². The summed E-state index contributed by atoms with van der Waals surface area (Å²) in [5.41, 5.74) is 1.70. The molecule has 0 aliphatic carbocycles. The summed E-state index contributed by atoms with van der Waals surface area (Å²) < 4.78 is 7.74. The van der Waals surface area contributed by atoms with Crippen LogP contribution in [0.3, 0.4) is 0 Å². The zero-order valence-corrected chi connectivity index (χ0v) is 18.1. The van der Waals surface area contributed by atoms with Crippen LogP contribution >= 0.6 is 11.6 Å². The van der Waals surface area contributed by atoms with Gasteiger partial charge >= 0.3 is 0 Å². The summed E-state index contributed by atoms with van der Waals surface area (Å²) in [7, 11) is 0. The van der Waals surface area contributed by atoms with E-state index in [1.165, 1.54) is 0 Å². The number of halogens is 1. The second kappa shape index (κ2) is 8.00. The molecule has 4 aromatic rings. The van der Waals surface area contributed by atoms with E-state index in [1.807, 2.05) is 77.4 Å². The Hall–Kier alpha value is -3.04. The molecule has 0 fully saturated rings. The molecule has 1 aromatic heterocycles. The van der Waals surface area contributed by atoms with Crippen LogP contribution in [-0.2, 0) is 6.54 Å². The van der Waals surface area contributed by atoms with Crippen molar-refractivity contribution in [1.29, 1.82) is 0 Å². The summed E-state index contributed by atoms with van der Waals surface area (Å²) in [6.45, 7) is 6.95. The minimum absolute atomic E-state index is 0.0624. The molecule has 0 unspecified atom stereocenters. The lowest BCUT2D eigenvalue weighted by molar-refractivity contribution is 0.341. The van der Waals surface area contributed by atoms with Crippen molar-refractivity contribution in [3.8, 4) is 22.8 Å². The van der Waals surface area contributed by atoms with E-state index in [-0.39, 0.29) is 11.0 Å². The minimum atomic E-state index is -0.0656. The molecule has 1 heterocycles. The normalized spacial score (nSPS) is 11.6. The van der Waals surface area contributed by atoms with Crippen molar-refractivity contribution in [2.45, 2.75) is 27.3 Å². The maximum atomic E-state index is 13.4. The summed E-state index contributed by atoms with van der Waals surface area (Å²) in [5.74, 6) is 1.54. The monoisotopic (exact) mass is 417 g/mol. The summed E-state index contributed by atoms with van der Waals surface area (Å²) in [4.78, 5) is 13.4. The molecule has 0 atom stereocenters. The van der Waals surface area contributed by atoms with Crippen molar-refractivity contribution in [2.24, 2.45) is 5.41 Å². The molecule has 3 aromatic carbocycles. The minimum Gasteiger partial charge on any atom is -0.457 e. The van der Waals surface area contributed by atoms with E-state index in [0.29, 0.717) is 17.0 Å². The summed E-state index contributed by atoms with van der Waals surface area (Å²) in [6.07, 6.45) is 0.